The number of nitrogens with zero attached hydrogens (tertiary/aromatic N) is 1. The fourth-order valence-corrected chi connectivity index (χ4v) is 3.25. The van der Waals surface area contributed by atoms with E-state index in [1.807, 2.05) is 23.1 Å². The Bertz CT molecular complexity index is 506. The molecule has 4 N–H and O–H groups in total. The number of anilines is 1. The number of hydrogen-bond donors (Lipinski definition) is 3. The minimum absolute atomic E-state index is 0.0634. The van der Waals surface area contributed by atoms with E-state index in [0.29, 0.717) is 32.0 Å². The molecule has 0 saturated carbocycles. The molecule has 0 aromatic heterocycles. The largest absolute Gasteiger partial charge is 0.392 e. The lowest BCUT2D eigenvalue weighted by atomic mass is 9.98. The van der Waals surface area contributed by atoms with E-state index in [2.05, 4.69) is 11.4 Å². The SMILES string of the molecule is NCCC1CN(C(=O)[C@@H]2C[C@@H](O)CN2)c2ccccc21. The van der Waals surface area contributed by atoms with Crippen molar-refractivity contribution in [1.82, 2.24) is 5.32 Å². The van der Waals surface area contributed by atoms with Crippen molar-refractivity contribution < 1.29 is 9.90 Å². The molecule has 1 saturated heterocycles. The van der Waals surface area contributed by atoms with Crippen LogP contribution >= 0.6 is 0 Å². The summed E-state index contributed by atoms with van der Waals surface area (Å²) in [4.78, 5) is 14.5. The van der Waals surface area contributed by atoms with Crippen molar-refractivity contribution in [3.8, 4) is 0 Å². The zero-order chi connectivity index (χ0) is 14.1. The summed E-state index contributed by atoms with van der Waals surface area (Å²) in [5.41, 5.74) is 7.89. The van der Waals surface area contributed by atoms with Crippen LogP contribution < -0.4 is 16.0 Å². The van der Waals surface area contributed by atoms with Gasteiger partial charge in [0, 0.05) is 24.7 Å². The molecule has 5 nitrogen and oxygen atoms in total. The molecular weight excluding hydrogens is 254 g/mol. The Kier molecular flexibility index (Phi) is 3.74. The number of rotatable bonds is 3. The fraction of sp³-hybridized carbons (Fsp3) is 0.533. The second-order valence-corrected chi connectivity index (χ2v) is 5.63. The second-order valence-electron chi connectivity index (χ2n) is 5.63. The number of nitrogens with two attached hydrogens (primary N) is 1. The topological polar surface area (TPSA) is 78.6 Å². The maximum atomic E-state index is 12.6. The van der Waals surface area contributed by atoms with E-state index in [1.165, 1.54) is 5.56 Å². The number of carbonyl (C=O) groups is 1. The van der Waals surface area contributed by atoms with Crippen LogP contribution in [0.2, 0.25) is 0 Å². The molecule has 5 heteroatoms. The van der Waals surface area contributed by atoms with E-state index in [9.17, 15) is 9.90 Å². The number of aliphatic hydroxyl groups excluding tert-OH is 1. The van der Waals surface area contributed by atoms with Crippen molar-refractivity contribution in [2.24, 2.45) is 5.73 Å². The Morgan fingerprint density at radius 2 is 2.25 bits per heavy atom. The molecule has 0 radical (unpaired) electrons. The quantitative estimate of drug-likeness (QED) is 0.736. The molecule has 20 heavy (non-hydrogen) atoms. The first-order chi connectivity index (χ1) is 9.70. The summed E-state index contributed by atoms with van der Waals surface area (Å²) < 4.78 is 0. The normalized spacial score (nSPS) is 28.7. The van der Waals surface area contributed by atoms with Crippen molar-refractivity contribution in [2.75, 3.05) is 24.5 Å². The molecule has 0 bridgehead atoms. The van der Waals surface area contributed by atoms with Crippen LogP contribution in [0.1, 0.15) is 24.3 Å². The van der Waals surface area contributed by atoms with Gasteiger partial charge in [0.15, 0.2) is 0 Å². The molecule has 3 atom stereocenters. The first-order valence-corrected chi connectivity index (χ1v) is 7.22. The Balaban J connectivity index is 1.82. The number of aliphatic hydroxyl groups is 1. The van der Waals surface area contributed by atoms with Crippen LogP contribution in [-0.2, 0) is 4.79 Å². The highest BCUT2D eigenvalue weighted by Crippen LogP contribution is 2.38. The van der Waals surface area contributed by atoms with Gasteiger partial charge in [-0.15, -0.1) is 0 Å². The van der Waals surface area contributed by atoms with Gasteiger partial charge in [0.1, 0.15) is 0 Å². The zero-order valence-corrected chi connectivity index (χ0v) is 11.5. The summed E-state index contributed by atoms with van der Waals surface area (Å²) >= 11 is 0. The summed E-state index contributed by atoms with van der Waals surface area (Å²) in [5, 5.41) is 12.7. The van der Waals surface area contributed by atoms with Crippen LogP contribution in [0.3, 0.4) is 0 Å². The predicted octanol–water partition coefficient (Wildman–Crippen LogP) is 0.188. The van der Waals surface area contributed by atoms with Crippen LogP contribution in [-0.4, -0.2) is 42.8 Å². The highest BCUT2D eigenvalue weighted by molar-refractivity contribution is 5.99. The molecule has 1 amide bonds. The Morgan fingerprint density at radius 3 is 2.95 bits per heavy atom. The Labute approximate surface area is 118 Å². The molecule has 3 rings (SSSR count). The summed E-state index contributed by atoms with van der Waals surface area (Å²) in [6.07, 6.45) is 0.974. The molecule has 1 aromatic carbocycles. The molecule has 2 aliphatic heterocycles. The van der Waals surface area contributed by atoms with E-state index >= 15 is 0 Å². The monoisotopic (exact) mass is 275 g/mol. The van der Waals surface area contributed by atoms with Crippen LogP contribution in [0.5, 0.6) is 0 Å². The van der Waals surface area contributed by atoms with Gasteiger partial charge in [-0.05, 0) is 31.0 Å². The van der Waals surface area contributed by atoms with E-state index in [4.69, 9.17) is 5.73 Å². The predicted molar refractivity (Wildman–Crippen MR) is 77.6 cm³/mol. The van der Waals surface area contributed by atoms with Gasteiger partial charge in [-0.3, -0.25) is 4.79 Å². The maximum Gasteiger partial charge on any atom is 0.244 e. The maximum absolute atomic E-state index is 12.6. The van der Waals surface area contributed by atoms with Gasteiger partial charge in [0.2, 0.25) is 5.91 Å². The van der Waals surface area contributed by atoms with Gasteiger partial charge in [-0.25, -0.2) is 0 Å². The highest BCUT2D eigenvalue weighted by atomic mass is 16.3. The van der Waals surface area contributed by atoms with Gasteiger partial charge in [-0.1, -0.05) is 18.2 Å². The first-order valence-electron chi connectivity index (χ1n) is 7.22. The van der Waals surface area contributed by atoms with Crippen LogP contribution in [0.25, 0.3) is 0 Å². The molecule has 0 aliphatic carbocycles. The summed E-state index contributed by atoms with van der Waals surface area (Å²) in [6.45, 7) is 1.82. The highest BCUT2D eigenvalue weighted by Gasteiger charge is 2.37. The van der Waals surface area contributed by atoms with E-state index < -0.39 is 6.10 Å². The number of benzene rings is 1. The van der Waals surface area contributed by atoms with Crippen molar-refractivity contribution in [2.45, 2.75) is 30.9 Å². The third-order valence-corrected chi connectivity index (χ3v) is 4.26. The third kappa shape index (κ3) is 2.32. The number of β-amino-alcohol motifs (C(OH)–C–C–N with tert-alkyl or cyclic N) is 1. The average Bonchev–Trinajstić information content (AvgIpc) is 3.04. The van der Waals surface area contributed by atoms with Gasteiger partial charge >= 0.3 is 0 Å². The lowest BCUT2D eigenvalue weighted by Gasteiger charge is -2.21. The Hall–Kier alpha value is -1.43. The van der Waals surface area contributed by atoms with E-state index in [-0.39, 0.29) is 11.9 Å². The first kappa shape index (κ1) is 13.5. The molecular formula is C15H21N3O2. The minimum Gasteiger partial charge on any atom is -0.392 e. The van der Waals surface area contributed by atoms with Gasteiger partial charge in [0.25, 0.3) is 0 Å². The molecule has 1 aromatic rings. The molecule has 1 fully saturated rings. The number of para-hydroxylation sites is 1. The number of carbonyl (C=O) groups excluding carboxylic acids is 1. The average molecular weight is 275 g/mol. The minimum atomic E-state index is -0.415. The lowest BCUT2D eigenvalue weighted by molar-refractivity contribution is -0.120. The molecule has 1 unspecified atom stereocenters. The van der Waals surface area contributed by atoms with Gasteiger partial charge in [-0.2, -0.15) is 0 Å². The second kappa shape index (κ2) is 5.52. The van der Waals surface area contributed by atoms with Crippen molar-refractivity contribution in [3.05, 3.63) is 29.8 Å². The Morgan fingerprint density at radius 1 is 1.45 bits per heavy atom. The molecule has 108 valence electrons. The molecule has 2 aliphatic rings. The molecule has 0 spiro atoms. The summed E-state index contributed by atoms with van der Waals surface area (Å²) in [7, 11) is 0. The summed E-state index contributed by atoms with van der Waals surface area (Å²) in [5.74, 6) is 0.389. The lowest BCUT2D eigenvalue weighted by Crippen LogP contribution is -2.43. The third-order valence-electron chi connectivity index (χ3n) is 4.26. The van der Waals surface area contributed by atoms with E-state index in [1.54, 1.807) is 0 Å². The van der Waals surface area contributed by atoms with Gasteiger partial charge in [0.05, 0.1) is 12.1 Å². The number of nitrogens with one attached hydrogen (secondary N) is 1. The van der Waals surface area contributed by atoms with Gasteiger partial charge < -0.3 is 21.1 Å². The number of fused-ring (bicyclic) bond motifs is 1. The van der Waals surface area contributed by atoms with Crippen molar-refractivity contribution in [1.29, 1.82) is 0 Å². The fourth-order valence-electron chi connectivity index (χ4n) is 3.25. The summed E-state index contributed by atoms with van der Waals surface area (Å²) in [6, 6.07) is 7.78. The van der Waals surface area contributed by atoms with Crippen LogP contribution in [0.15, 0.2) is 24.3 Å². The molecule has 2 heterocycles. The van der Waals surface area contributed by atoms with Crippen LogP contribution in [0, 0.1) is 0 Å². The van der Waals surface area contributed by atoms with Crippen molar-refractivity contribution in [3.63, 3.8) is 0 Å². The zero-order valence-electron chi connectivity index (χ0n) is 11.5. The standard InChI is InChI=1S/C15H21N3O2/c16-6-5-10-9-18(14-4-2-1-3-12(10)14)15(20)13-7-11(19)8-17-13/h1-4,10-11,13,17,19H,5-9,16H2/t10?,11-,13+/m1/s1. The van der Waals surface area contributed by atoms with E-state index in [0.717, 1.165) is 12.1 Å². The van der Waals surface area contributed by atoms with Crippen LogP contribution in [0.4, 0.5) is 5.69 Å². The smallest absolute Gasteiger partial charge is 0.244 e. The number of hydrogen-bond acceptors (Lipinski definition) is 4. The number of amides is 1. The van der Waals surface area contributed by atoms with Crippen molar-refractivity contribution >= 4 is 11.6 Å².